The second-order valence-corrected chi connectivity index (χ2v) is 3.01. The second-order valence-electron chi connectivity index (χ2n) is 2.03. The Hall–Kier alpha value is -0.530. The molecule has 1 rings (SSSR count). The van der Waals surface area contributed by atoms with Crippen molar-refractivity contribution in [1.82, 2.24) is 4.84 Å². The van der Waals surface area contributed by atoms with Crippen molar-refractivity contribution in [2.45, 2.75) is 6.92 Å². The first kappa shape index (κ1) is 7.58. The molecule has 0 aromatic heterocycles. The maximum absolute atomic E-state index is 2.99. The van der Waals surface area contributed by atoms with Gasteiger partial charge in [0.2, 0.25) is 0 Å². The van der Waals surface area contributed by atoms with Crippen molar-refractivity contribution in [3.63, 3.8) is 0 Å². The minimum absolute atomic E-state index is 1.24. The lowest BCUT2D eigenvalue weighted by molar-refractivity contribution is -0.653. The summed E-state index contributed by atoms with van der Waals surface area (Å²) in [7, 11) is 4.01. The van der Waals surface area contributed by atoms with Gasteiger partial charge in [-0.05, 0) is 6.92 Å². The van der Waals surface area contributed by atoms with Gasteiger partial charge < -0.3 is 0 Å². The van der Waals surface area contributed by atoms with Gasteiger partial charge in [0.25, 0.3) is 16.0 Å². The van der Waals surface area contributed by atoms with Crippen LogP contribution in [-0.2, 0) is 0 Å². The Kier molecular flexibility index (Phi) is 2.72. The first-order chi connectivity index (χ1) is 4.84. The maximum atomic E-state index is 2.99. The van der Waals surface area contributed by atoms with Crippen LogP contribution in [0.15, 0.2) is 24.3 Å². The van der Waals surface area contributed by atoms with Crippen molar-refractivity contribution in [2.24, 2.45) is 0 Å². The molecular weight excluding hydrogens is 146 g/mol. The number of aryl methyl sites for hydroxylation is 1. The average molecular weight is 157 g/mol. The van der Waals surface area contributed by atoms with Crippen LogP contribution in [0.4, 0.5) is 0 Å². The summed E-state index contributed by atoms with van der Waals surface area (Å²) in [6.07, 6.45) is 0. The molecule has 0 fully saturated rings. The lowest BCUT2D eigenvalue weighted by Gasteiger charge is -1.87. The number of benzene rings is 1. The number of rotatable bonds is 2. The molecule has 0 radical (unpaired) electrons. The average Bonchev–Trinajstić information content (AvgIpc) is 1.94. The van der Waals surface area contributed by atoms with Crippen molar-refractivity contribution in [3.05, 3.63) is 34.9 Å². The second kappa shape index (κ2) is 3.59. The number of nitrogens with one attached hydrogen (secondary N) is 1. The summed E-state index contributed by atoms with van der Waals surface area (Å²) in [5.74, 6) is 0. The molecule has 0 aliphatic heterocycles. The van der Waals surface area contributed by atoms with Crippen LogP contribution >= 0.6 is 0 Å². The molecule has 0 bridgehead atoms. The van der Waals surface area contributed by atoms with E-state index in [0.29, 0.717) is 0 Å². The maximum Gasteiger partial charge on any atom is 0.286 e. The molecule has 1 aromatic carbocycles. The molecule has 0 amide bonds. The van der Waals surface area contributed by atoms with Crippen LogP contribution in [0, 0.1) is 17.9 Å². The van der Waals surface area contributed by atoms with Gasteiger partial charge in [0.1, 0.15) is 0 Å². The van der Waals surface area contributed by atoms with Crippen LogP contribution in [0.25, 0.3) is 0 Å². The summed E-state index contributed by atoms with van der Waals surface area (Å²) in [5, 5.41) is 1.24. The summed E-state index contributed by atoms with van der Waals surface area (Å²) in [5.41, 5.74) is 1.30. The normalized spacial score (nSPS) is 9.80. The van der Waals surface area contributed by atoms with Gasteiger partial charge in [-0.15, -0.1) is 0 Å². The van der Waals surface area contributed by atoms with Crippen LogP contribution in [-0.4, -0.2) is 7.05 Å². The summed E-state index contributed by atoms with van der Waals surface area (Å²) >= 11 is 0. The van der Waals surface area contributed by atoms with E-state index >= 15 is 0 Å². The van der Waals surface area contributed by atoms with E-state index in [1.807, 2.05) is 19.2 Å². The van der Waals surface area contributed by atoms with Crippen LogP contribution in [0.2, 0.25) is 5.02 Å². The zero-order valence-corrected chi connectivity index (χ0v) is 6.94. The topological polar surface area (TPSA) is 12.0 Å². The number of hydrogen-bond acceptors (Lipinski definition) is 1. The highest BCUT2D eigenvalue weighted by atomic mass is 35.5. The SMILES string of the molecule is CN[Cl+]c1ccccc1C. The van der Waals surface area contributed by atoms with E-state index in [1.165, 1.54) is 10.6 Å². The molecule has 0 saturated carbocycles. The van der Waals surface area contributed by atoms with Crippen molar-refractivity contribution >= 4 is 0 Å². The van der Waals surface area contributed by atoms with Crippen LogP contribution < -0.4 is 4.84 Å². The van der Waals surface area contributed by atoms with Gasteiger partial charge in [-0.2, -0.15) is 0 Å². The summed E-state index contributed by atoms with van der Waals surface area (Å²) in [6, 6.07) is 8.26. The molecule has 0 spiro atoms. The number of halogens is 1. The summed E-state index contributed by atoms with van der Waals surface area (Å²) in [4.78, 5) is 2.99. The van der Waals surface area contributed by atoms with E-state index in [1.54, 1.807) is 0 Å². The van der Waals surface area contributed by atoms with Gasteiger partial charge >= 0.3 is 0 Å². The molecule has 10 heavy (non-hydrogen) atoms. The molecule has 0 aliphatic rings. The lowest BCUT2D eigenvalue weighted by atomic mass is 10.2. The Labute approximate surface area is 65.3 Å². The quantitative estimate of drug-likeness (QED) is 0.642. The lowest BCUT2D eigenvalue weighted by Crippen LogP contribution is -2.03. The molecule has 1 nitrogen and oxygen atoms in total. The summed E-state index contributed by atoms with van der Waals surface area (Å²) < 4.78 is 0. The van der Waals surface area contributed by atoms with Gasteiger partial charge in [0.05, 0.1) is 0 Å². The van der Waals surface area contributed by atoms with Crippen molar-refractivity contribution in [1.29, 1.82) is 0 Å². The Morgan fingerprint density at radius 1 is 1.30 bits per heavy atom. The third-order valence-electron chi connectivity index (χ3n) is 1.27. The van der Waals surface area contributed by atoms with Crippen molar-refractivity contribution < 1.29 is 11.0 Å². The van der Waals surface area contributed by atoms with Gasteiger partial charge in [0.15, 0.2) is 0 Å². The molecule has 1 aromatic rings. The molecule has 2 heteroatoms. The fourth-order valence-corrected chi connectivity index (χ4v) is 1.31. The van der Waals surface area contributed by atoms with Gasteiger partial charge in [0, 0.05) is 18.7 Å². The standard InChI is InChI=1S/C8H11ClN/c1-7-5-3-4-6-8(7)9-10-2/h3-6,10H,1-2H3/q+1. The molecule has 0 saturated heterocycles. The fraction of sp³-hybridized carbons (Fsp3) is 0.250. The predicted molar refractivity (Wildman–Crippen MR) is 39.4 cm³/mol. The monoisotopic (exact) mass is 156 g/mol. The third kappa shape index (κ3) is 1.72. The molecule has 1 N–H and O–H groups in total. The minimum Gasteiger partial charge on any atom is -0.0703 e. The van der Waals surface area contributed by atoms with E-state index in [9.17, 15) is 0 Å². The molecule has 0 atom stereocenters. The van der Waals surface area contributed by atoms with Crippen molar-refractivity contribution in [2.75, 3.05) is 7.05 Å². The fourth-order valence-electron chi connectivity index (χ4n) is 0.759. The van der Waals surface area contributed by atoms with Crippen LogP contribution in [0.3, 0.4) is 0 Å². The van der Waals surface area contributed by atoms with Gasteiger partial charge in [-0.25, -0.2) is 0 Å². The zero-order chi connectivity index (χ0) is 7.40. The Morgan fingerprint density at radius 3 is 2.60 bits per heavy atom. The smallest absolute Gasteiger partial charge is 0.0703 e. The van der Waals surface area contributed by atoms with Crippen molar-refractivity contribution in [3.8, 4) is 0 Å². The van der Waals surface area contributed by atoms with E-state index in [4.69, 9.17) is 0 Å². The highest BCUT2D eigenvalue weighted by molar-refractivity contribution is 5.20. The predicted octanol–water partition coefficient (Wildman–Crippen LogP) is 1.63. The van der Waals surface area contributed by atoms with E-state index in [2.05, 4.69) is 34.9 Å². The first-order valence-corrected chi connectivity index (χ1v) is 3.96. The molecule has 0 unspecified atom stereocenters. The van der Waals surface area contributed by atoms with E-state index < -0.39 is 0 Å². The van der Waals surface area contributed by atoms with Crippen LogP contribution in [0.5, 0.6) is 0 Å². The Morgan fingerprint density at radius 2 is 2.00 bits per heavy atom. The van der Waals surface area contributed by atoms with Gasteiger partial charge in [-0.3, -0.25) is 0 Å². The summed E-state index contributed by atoms with van der Waals surface area (Å²) in [6.45, 7) is 2.10. The largest absolute Gasteiger partial charge is 0.286 e. The molecule has 0 heterocycles. The third-order valence-corrected chi connectivity index (χ3v) is 2.09. The molecule has 0 aliphatic carbocycles. The first-order valence-electron chi connectivity index (χ1n) is 3.21. The Balaban J connectivity index is 2.81. The Bertz CT molecular complexity index is 210. The van der Waals surface area contributed by atoms with Crippen LogP contribution in [0.1, 0.15) is 5.56 Å². The van der Waals surface area contributed by atoms with E-state index in [0.717, 1.165) is 0 Å². The van der Waals surface area contributed by atoms with E-state index in [-0.39, 0.29) is 0 Å². The highest BCUT2D eigenvalue weighted by Crippen LogP contribution is 2.08. The molecule has 54 valence electrons. The molecular formula is C8H11ClN+. The zero-order valence-electron chi connectivity index (χ0n) is 6.19. The highest BCUT2D eigenvalue weighted by Gasteiger charge is 2.09. The van der Waals surface area contributed by atoms with Gasteiger partial charge in [-0.1, -0.05) is 23.0 Å². The number of hydrogen-bond donors (Lipinski definition) is 1. The minimum atomic E-state index is 1.24.